The van der Waals surface area contributed by atoms with E-state index in [1.165, 1.54) is 0 Å². The lowest BCUT2D eigenvalue weighted by Crippen LogP contribution is -2.16. The SMILES string of the molecule is CCn1cc(NC(=O)c2cccc(/C(N)=N/O)c2)cn1. The number of nitrogens with zero attached hydrogens (tertiary/aromatic N) is 3. The van der Waals surface area contributed by atoms with Gasteiger partial charge in [0.1, 0.15) is 0 Å². The van der Waals surface area contributed by atoms with E-state index < -0.39 is 0 Å². The van der Waals surface area contributed by atoms with Gasteiger partial charge in [-0.05, 0) is 19.1 Å². The van der Waals surface area contributed by atoms with Crippen molar-refractivity contribution in [2.24, 2.45) is 10.9 Å². The van der Waals surface area contributed by atoms with Gasteiger partial charge in [0.2, 0.25) is 0 Å². The molecule has 0 aliphatic heterocycles. The second-order valence-electron chi connectivity index (χ2n) is 4.10. The Balaban J connectivity index is 2.16. The van der Waals surface area contributed by atoms with E-state index >= 15 is 0 Å². The van der Waals surface area contributed by atoms with Gasteiger partial charge in [0.25, 0.3) is 5.91 Å². The molecule has 4 N–H and O–H groups in total. The third-order valence-electron chi connectivity index (χ3n) is 2.74. The largest absolute Gasteiger partial charge is 0.409 e. The highest BCUT2D eigenvalue weighted by molar-refractivity contribution is 6.06. The number of carbonyl (C=O) groups excluding carboxylic acids is 1. The predicted octanol–water partition coefficient (Wildman–Crippen LogP) is 1.25. The van der Waals surface area contributed by atoms with Crippen LogP contribution in [0.25, 0.3) is 0 Å². The van der Waals surface area contributed by atoms with Crippen molar-refractivity contribution in [3.8, 4) is 0 Å². The summed E-state index contributed by atoms with van der Waals surface area (Å²) in [6.45, 7) is 2.69. The molecule has 0 saturated carbocycles. The summed E-state index contributed by atoms with van der Waals surface area (Å²) in [7, 11) is 0. The van der Waals surface area contributed by atoms with Crippen LogP contribution in [-0.4, -0.2) is 26.7 Å². The first-order chi connectivity index (χ1) is 9.63. The molecule has 0 bridgehead atoms. The molecule has 0 saturated heterocycles. The third-order valence-corrected chi connectivity index (χ3v) is 2.74. The number of carbonyl (C=O) groups is 1. The Morgan fingerprint density at radius 3 is 2.90 bits per heavy atom. The topological polar surface area (TPSA) is 106 Å². The lowest BCUT2D eigenvalue weighted by atomic mass is 10.1. The molecule has 1 aromatic carbocycles. The molecule has 7 heteroatoms. The molecule has 0 fully saturated rings. The summed E-state index contributed by atoms with van der Waals surface area (Å²) in [6, 6.07) is 6.51. The summed E-state index contributed by atoms with van der Waals surface area (Å²) in [5.41, 5.74) is 7.00. The van der Waals surface area contributed by atoms with Gasteiger partial charge in [0.15, 0.2) is 5.84 Å². The Labute approximate surface area is 115 Å². The highest BCUT2D eigenvalue weighted by Crippen LogP contribution is 2.10. The number of oxime groups is 1. The van der Waals surface area contributed by atoms with Crippen LogP contribution in [-0.2, 0) is 6.54 Å². The van der Waals surface area contributed by atoms with Gasteiger partial charge in [-0.15, -0.1) is 0 Å². The first-order valence-corrected chi connectivity index (χ1v) is 6.05. The van der Waals surface area contributed by atoms with Gasteiger partial charge in [0, 0.05) is 23.9 Å². The van der Waals surface area contributed by atoms with Gasteiger partial charge in [-0.3, -0.25) is 9.48 Å². The average molecular weight is 273 g/mol. The van der Waals surface area contributed by atoms with Gasteiger partial charge in [-0.25, -0.2) is 0 Å². The zero-order valence-corrected chi connectivity index (χ0v) is 10.9. The third kappa shape index (κ3) is 2.94. The average Bonchev–Trinajstić information content (AvgIpc) is 2.94. The summed E-state index contributed by atoms with van der Waals surface area (Å²) in [4.78, 5) is 12.1. The van der Waals surface area contributed by atoms with Crippen molar-refractivity contribution in [2.45, 2.75) is 13.5 Å². The number of nitrogens with two attached hydrogens (primary N) is 1. The van der Waals surface area contributed by atoms with Crippen LogP contribution >= 0.6 is 0 Å². The molecule has 1 aromatic heterocycles. The molecular weight excluding hydrogens is 258 g/mol. The highest BCUT2D eigenvalue weighted by atomic mass is 16.4. The smallest absolute Gasteiger partial charge is 0.255 e. The molecule has 104 valence electrons. The molecule has 1 heterocycles. The van der Waals surface area contributed by atoms with Crippen LogP contribution < -0.4 is 11.1 Å². The van der Waals surface area contributed by atoms with E-state index in [0.29, 0.717) is 16.8 Å². The van der Waals surface area contributed by atoms with Crippen LogP contribution in [0.15, 0.2) is 41.8 Å². The van der Waals surface area contributed by atoms with Crippen LogP contribution in [0.5, 0.6) is 0 Å². The van der Waals surface area contributed by atoms with Gasteiger partial charge in [-0.1, -0.05) is 17.3 Å². The summed E-state index contributed by atoms with van der Waals surface area (Å²) >= 11 is 0. The van der Waals surface area contributed by atoms with Crippen molar-refractivity contribution in [1.29, 1.82) is 0 Å². The zero-order chi connectivity index (χ0) is 14.5. The second kappa shape index (κ2) is 5.87. The molecule has 2 rings (SSSR count). The molecule has 0 atom stereocenters. The summed E-state index contributed by atoms with van der Waals surface area (Å²) in [6.07, 6.45) is 3.32. The molecule has 7 nitrogen and oxygen atoms in total. The Hall–Kier alpha value is -2.83. The first kappa shape index (κ1) is 13.6. The number of rotatable bonds is 4. The van der Waals surface area contributed by atoms with E-state index in [1.54, 1.807) is 41.3 Å². The molecule has 0 spiro atoms. The summed E-state index contributed by atoms with van der Waals surface area (Å²) in [5, 5.41) is 18.3. The van der Waals surface area contributed by atoms with Crippen LogP contribution in [0, 0.1) is 0 Å². The number of nitrogens with one attached hydrogen (secondary N) is 1. The maximum absolute atomic E-state index is 12.1. The molecule has 0 aliphatic carbocycles. The van der Waals surface area contributed by atoms with Crippen LogP contribution in [0.2, 0.25) is 0 Å². The number of benzene rings is 1. The lowest BCUT2D eigenvalue weighted by molar-refractivity contribution is 0.102. The van der Waals surface area contributed by atoms with Crippen molar-refractivity contribution in [2.75, 3.05) is 5.32 Å². The number of amidine groups is 1. The fourth-order valence-corrected chi connectivity index (χ4v) is 1.68. The Bertz CT molecular complexity index is 648. The number of hydrogen-bond acceptors (Lipinski definition) is 4. The Morgan fingerprint density at radius 2 is 2.25 bits per heavy atom. The minimum atomic E-state index is -0.284. The van der Waals surface area contributed by atoms with E-state index in [-0.39, 0.29) is 11.7 Å². The lowest BCUT2D eigenvalue weighted by Gasteiger charge is -2.04. The minimum Gasteiger partial charge on any atom is -0.409 e. The van der Waals surface area contributed by atoms with Crippen LogP contribution in [0.4, 0.5) is 5.69 Å². The van der Waals surface area contributed by atoms with Crippen molar-refractivity contribution >= 4 is 17.4 Å². The van der Waals surface area contributed by atoms with E-state index in [2.05, 4.69) is 15.6 Å². The first-order valence-electron chi connectivity index (χ1n) is 6.05. The molecule has 0 aliphatic rings. The van der Waals surface area contributed by atoms with Gasteiger partial charge in [-0.2, -0.15) is 5.10 Å². The predicted molar refractivity (Wildman–Crippen MR) is 74.8 cm³/mol. The van der Waals surface area contributed by atoms with Crippen molar-refractivity contribution in [3.05, 3.63) is 47.8 Å². The Kier molecular flexibility index (Phi) is 3.99. The number of aromatic nitrogens is 2. The Morgan fingerprint density at radius 1 is 1.50 bits per heavy atom. The van der Waals surface area contributed by atoms with Gasteiger partial charge in [0.05, 0.1) is 11.9 Å². The minimum absolute atomic E-state index is 0.0431. The molecule has 1 amide bonds. The fraction of sp³-hybridized carbons (Fsp3) is 0.154. The molecule has 0 unspecified atom stereocenters. The maximum atomic E-state index is 12.1. The van der Waals surface area contributed by atoms with Crippen molar-refractivity contribution < 1.29 is 10.0 Å². The molecular formula is C13H15N5O2. The quantitative estimate of drug-likeness (QED) is 0.337. The van der Waals surface area contributed by atoms with E-state index in [0.717, 1.165) is 6.54 Å². The number of hydrogen-bond donors (Lipinski definition) is 3. The summed E-state index contributed by atoms with van der Waals surface area (Å²) in [5.74, 6) is -0.327. The van der Waals surface area contributed by atoms with E-state index in [1.807, 2.05) is 6.92 Å². The van der Waals surface area contributed by atoms with E-state index in [4.69, 9.17) is 10.9 Å². The second-order valence-corrected chi connectivity index (χ2v) is 4.10. The number of anilines is 1. The van der Waals surface area contributed by atoms with Gasteiger partial charge >= 0.3 is 0 Å². The molecule has 0 radical (unpaired) electrons. The monoisotopic (exact) mass is 273 g/mol. The number of aryl methyl sites for hydroxylation is 1. The van der Waals surface area contributed by atoms with E-state index in [9.17, 15) is 4.79 Å². The fourth-order valence-electron chi connectivity index (χ4n) is 1.68. The maximum Gasteiger partial charge on any atom is 0.255 e. The normalized spacial score (nSPS) is 11.3. The molecule has 2 aromatic rings. The van der Waals surface area contributed by atoms with Crippen LogP contribution in [0.3, 0.4) is 0 Å². The van der Waals surface area contributed by atoms with Crippen molar-refractivity contribution in [1.82, 2.24) is 9.78 Å². The van der Waals surface area contributed by atoms with Crippen LogP contribution in [0.1, 0.15) is 22.8 Å². The standard InChI is InChI=1S/C13H15N5O2/c1-2-18-8-11(7-15-18)16-13(19)10-5-3-4-9(6-10)12(14)17-20/h3-8,20H,2H2,1H3,(H2,14,17)(H,16,19). The van der Waals surface area contributed by atoms with Crippen molar-refractivity contribution in [3.63, 3.8) is 0 Å². The van der Waals surface area contributed by atoms with Gasteiger partial charge < -0.3 is 16.3 Å². The summed E-state index contributed by atoms with van der Waals surface area (Å²) < 4.78 is 1.71. The highest BCUT2D eigenvalue weighted by Gasteiger charge is 2.09. The zero-order valence-electron chi connectivity index (χ0n) is 10.9. The number of amides is 1. The molecule has 20 heavy (non-hydrogen) atoms.